The minimum atomic E-state index is -0.549. The van der Waals surface area contributed by atoms with E-state index in [0.29, 0.717) is 0 Å². The van der Waals surface area contributed by atoms with E-state index in [-0.39, 0.29) is 0 Å². The van der Waals surface area contributed by atoms with Gasteiger partial charge in [0.25, 0.3) is 0 Å². The Morgan fingerprint density at radius 3 is 2.22 bits per heavy atom. The van der Waals surface area contributed by atoms with E-state index in [2.05, 4.69) is 19.1 Å². The van der Waals surface area contributed by atoms with Crippen molar-refractivity contribution in [3.63, 3.8) is 0 Å². The summed E-state index contributed by atoms with van der Waals surface area (Å²) >= 11 is 0. The Balaban J connectivity index is 2.19. The van der Waals surface area contributed by atoms with Crippen molar-refractivity contribution in [3.8, 4) is 0 Å². The molecule has 1 atom stereocenters. The lowest BCUT2D eigenvalue weighted by Gasteiger charge is -2.23. The Morgan fingerprint density at radius 1 is 0.944 bits per heavy atom. The molecular formula is C17H28O. The highest BCUT2D eigenvalue weighted by molar-refractivity contribution is 5.16. The van der Waals surface area contributed by atoms with Gasteiger partial charge in [-0.3, -0.25) is 0 Å². The fourth-order valence-electron chi connectivity index (χ4n) is 2.41. The Bertz CT molecular complexity index is 303. The van der Waals surface area contributed by atoms with E-state index in [1.54, 1.807) is 0 Å². The molecular weight excluding hydrogens is 220 g/mol. The molecule has 1 heteroatoms. The highest BCUT2D eigenvalue weighted by Gasteiger charge is 2.19. The highest BCUT2D eigenvalue weighted by atomic mass is 16.3. The van der Waals surface area contributed by atoms with Gasteiger partial charge in [0.05, 0.1) is 5.60 Å². The summed E-state index contributed by atoms with van der Waals surface area (Å²) in [7, 11) is 0. The molecule has 0 aliphatic rings. The maximum absolute atomic E-state index is 10.4. The summed E-state index contributed by atoms with van der Waals surface area (Å²) in [4.78, 5) is 0. The van der Waals surface area contributed by atoms with Crippen LogP contribution in [0.15, 0.2) is 30.3 Å². The first-order valence-corrected chi connectivity index (χ1v) is 7.40. The van der Waals surface area contributed by atoms with Gasteiger partial charge < -0.3 is 5.11 Å². The van der Waals surface area contributed by atoms with Crippen LogP contribution in [0.2, 0.25) is 0 Å². The minimum Gasteiger partial charge on any atom is -0.390 e. The monoisotopic (exact) mass is 248 g/mol. The van der Waals surface area contributed by atoms with Gasteiger partial charge in [-0.25, -0.2) is 0 Å². The van der Waals surface area contributed by atoms with E-state index < -0.39 is 5.60 Å². The molecule has 0 aliphatic carbocycles. The van der Waals surface area contributed by atoms with Gasteiger partial charge in [-0.1, -0.05) is 75.8 Å². The van der Waals surface area contributed by atoms with Gasteiger partial charge in [0.15, 0.2) is 0 Å². The van der Waals surface area contributed by atoms with Gasteiger partial charge in [-0.15, -0.1) is 0 Å². The van der Waals surface area contributed by atoms with E-state index in [0.717, 1.165) is 19.3 Å². The van der Waals surface area contributed by atoms with Crippen molar-refractivity contribution in [2.24, 2.45) is 0 Å². The third-order valence-electron chi connectivity index (χ3n) is 3.50. The average Bonchev–Trinajstić information content (AvgIpc) is 2.34. The lowest BCUT2D eigenvalue weighted by molar-refractivity contribution is 0.0484. The van der Waals surface area contributed by atoms with E-state index >= 15 is 0 Å². The molecule has 0 aliphatic heterocycles. The maximum atomic E-state index is 10.4. The summed E-state index contributed by atoms with van der Waals surface area (Å²) in [5, 5.41) is 10.4. The molecule has 0 radical (unpaired) electrons. The molecule has 1 nitrogen and oxygen atoms in total. The zero-order chi connectivity index (χ0) is 13.3. The molecule has 0 saturated carbocycles. The zero-order valence-corrected chi connectivity index (χ0v) is 12.0. The molecule has 0 heterocycles. The smallest absolute Gasteiger partial charge is 0.0660 e. The van der Waals surface area contributed by atoms with Gasteiger partial charge in [0, 0.05) is 6.42 Å². The molecule has 1 rings (SSSR count). The van der Waals surface area contributed by atoms with Crippen molar-refractivity contribution in [1.29, 1.82) is 0 Å². The summed E-state index contributed by atoms with van der Waals surface area (Å²) in [5.74, 6) is 0. The van der Waals surface area contributed by atoms with Crippen molar-refractivity contribution >= 4 is 0 Å². The second-order valence-electron chi connectivity index (χ2n) is 5.68. The van der Waals surface area contributed by atoms with Crippen LogP contribution in [0.4, 0.5) is 0 Å². The molecule has 0 amide bonds. The third-order valence-corrected chi connectivity index (χ3v) is 3.50. The first kappa shape index (κ1) is 15.2. The van der Waals surface area contributed by atoms with E-state index in [4.69, 9.17) is 0 Å². The highest BCUT2D eigenvalue weighted by Crippen LogP contribution is 2.20. The van der Waals surface area contributed by atoms with Crippen molar-refractivity contribution in [2.75, 3.05) is 0 Å². The van der Waals surface area contributed by atoms with Gasteiger partial charge in [-0.2, -0.15) is 0 Å². The molecule has 1 N–H and O–H groups in total. The third kappa shape index (κ3) is 6.80. The number of rotatable bonds is 9. The summed E-state index contributed by atoms with van der Waals surface area (Å²) in [6.07, 6.45) is 9.38. The molecule has 0 bridgehead atoms. The summed E-state index contributed by atoms with van der Waals surface area (Å²) in [6, 6.07) is 10.3. The second-order valence-corrected chi connectivity index (χ2v) is 5.68. The zero-order valence-electron chi connectivity index (χ0n) is 12.0. The van der Waals surface area contributed by atoms with Crippen LogP contribution in [0.5, 0.6) is 0 Å². The van der Waals surface area contributed by atoms with E-state index in [9.17, 15) is 5.11 Å². The maximum Gasteiger partial charge on any atom is 0.0660 e. The largest absolute Gasteiger partial charge is 0.390 e. The van der Waals surface area contributed by atoms with Crippen LogP contribution >= 0.6 is 0 Å². The quantitative estimate of drug-likeness (QED) is 0.626. The Hall–Kier alpha value is -0.820. The average molecular weight is 248 g/mol. The number of hydrogen-bond acceptors (Lipinski definition) is 1. The minimum absolute atomic E-state index is 0.549. The van der Waals surface area contributed by atoms with Crippen LogP contribution in [0.25, 0.3) is 0 Å². The lowest BCUT2D eigenvalue weighted by Crippen LogP contribution is -2.26. The van der Waals surface area contributed by atoms with Gasteiger partial charge in [0.2, 0.25) is 0 Å². The Morgan fingerprint density at radius 2 is 1.56 bits per heavy atom. The topological polar surface area (TPSA) is 20.2 Å². The van der Waals surface area contributed by atoms with E-state index in [1.165, 1.54) is 37.7 Å². The molecule has 102 valence electrons. The van der Waals surface area contributed by atoms with Crippen LogP contribution in [0.1, 0.15) is 64.4 Å². The fourth-order valence-corrected chi connectivity index (χ4v) is 2.41. The standard InChI is InChI=1S/C17H28O/c1-3-4-5-6-7-11-14-17(2,18)15-16-12-9-8-10-13-16/h8-10,12-13,18H,3-7,11,14-15H2,1-2H3. The summed E-state index contributed by atoms with van der Waals surface area (Å²) in [6.45, 7) is 4.21. The van der Waals surface area contributed by atoms with E-state index in [1.807, 2.05) is 25.1 Å². The molecule has 0 fully saturated rings. The van der Waals surface area contributed by atoms with Crippen LogP contribution < -0.4 is 0 Å². The van der Waals surface area contributed by atoms with Gasteiger partial charge in [-0.05, 0) is 18.9 Å². The first-order valence-electron chi connectivity index (χ1n) is 7.40. The molecule has 1 aromatic rings. The molecule has 0 saturated heterocycles. The number of aliphatic hydroxyl groups is 1. The van der Waals surface area contributed by atoms with Crippen LogP contribution in [-0.2, 0) is 6.42 Å². The Kier molecular flexibility index (Phi) is 7.04. The SMILES string of the molecule is CCCCCCCCC(C)(O)Cc1ccccc1. The second kappa shape index (κ2) is 8.31. The van der Waals surface area contributed by atoms with Gasteiger partial charge >= 0.3 is 0 Å². The van der Waals surface area contributed by atoms with Crippen molar-refractivity contribution in [3.05, 3.63) is 35.9 Å². The number of unbranched alkanes of at least 4 members (excludes halogenated alkanes) is 5. The number of hydrogen-bond donors (Lipinski definition) is 1. The fraction of sp³-hybridized carbons (Fsp3) is 0.647. The lowest BCUT2D eigenvalue weighted by atomic mass is 9.91. The predicted octanol–water partition coefficient (Wildman–Crippen LogP) is 4.73. The summed E-state index contributed by atoms with van der Waals surface area (Å²) < 4.78 is 0. The number of benzene rings is 1. The molecule has 1 unspecified atom stereocenters. The molecule has 1 aromatic carbocycles. The predicted molar refractivity (Wildman–Crippen MR) is 78.8 cm³/mol. The van der Waals surface area contributed by atoms with Gasteiger partial charge in [0.1, 0.15) is 0 Å². The van der Waals surface area contributed by atoms with Crippen molar-refractivity contribution in [1.82, 2.24) is 0 Å². The van der Waals surface area contributed by atoms with Crippen LogP contribution in [0.3, 0.4) is 0 Å². The Labute approximate surface area is 112 Å². The van der Waals surface area contributed by atoms with Crippen LogP contribution in [-0.4, -0.2) is 10.7 Å². The molecule has 0 spiro atoms. The first-order chi connectivity index (χ1) is 8.64. The van der Waals surface area contributed by atoms with Crippen LogP contribution in [0, 0.1) is 0 Å². The van der Waals surface area contributed by atoms with Crippen molar-refractivity contribution in [2.45, 2.75) is 70.8 Å². The molecule has 18 heavy (non-hydrogen) atoms. The normalized spacial score (nSPS) is 14.4. The van der Waals surface area contributed by atoms with Crippen molar-refractivity contribution < 1.29 is 5.11 Å². The summed E-state index contributed by atoms with van der Waals surface area (Å²) in [5.41, 5.74) is 0.681. The molecule has 0 aromatic heterocycles.